The van der Waals surface area contributed by atoms with Gasteiger partial charge in [0, 0.05) is 37.4 Å². The molecule has 1 saturated heterocycles. The summed E-state index contributed by atoms with van der Waals surface area (Å²) in [6, 6.07) is 8.42. The van der Waals surface area contributed by atoms with Crippen molar-refractivity contribution in [3.63, 3.8) is 0 Å². The second kappa shape index (κ2) is 11.5. The maximum absolute atomic E-state index is 15.5. The van der Waals surface area contributed by atoms with Crippen LogP contribution in [0.1, 0.15) is 62.3 Å². The molecule has 228 valence electrons. The van der Waals surface area contributed by atoms with Crippen LogP contribution < -0.4 is 15.3 Å². The molecule has 3 aromatic heterocycles. The van der Waals surface area contributed by atoms with Gasteiger partial charge in [-0.2, -0.15) is 4.98 Å². The number of hydrogen-bond acceptors (Lipinski definition) is 7. The van der Waals surface area contributed by atoms with Crippen molar-refractivity contribution in [1.82, 2.24) is 24.4 Å². The van der Waals surface area contributed by atoms with E-state index in [2.05, 4.69) is 16.5 Å². The average molecular weight is 597 g/mol. The molecular weight excluding hydrogens is 559 g/mol. The number of ether oxygens (including phenoxy) is 1. The third-order valence-corrected chi connectivity index (χ3v) is 8.63. The van der Waals surface area contributed by atoms with Crippen LogP contribution in [0, 0.1) is 12.7 Å². The summed E-state index contributed by atoms with van der Waals surface area (Å²) >= 11 is 0. The number of anilines is 1. The van der Waals surface area contributed by atoms with Gasteiger partial charge < -0.3 is 14.5 Å². The van der Waals surface area contributed by atoms with E-state index in [-0.39, 0.29) is 23.8 Å². The van der Waals surface area contributed by atoms with Crippen molar-refractivity contribution >= 4 is 22.8 Å². The van der Waals surface area contributed by atoms with E-state index >= 15 is 4.39 Å². The molecule has 10 heteroatoms. The van der Waals surface area contributed by atoms with E-state index in [4.69, 9.17) is 14.7 Å². The first-order chi connectivity index (χ1) is 21.1. The van der Waals surface area contributed by atoms with Crippen LogP contribution in [0.2, 0.25) is 0 Å². The second-order valence-electron chi connectivity index (χ2n) is 12.0. The highest BCUT2D eigenvalue weighted by Crippen LogP contribution is 2.46. The first kappa shape index (κ1) is 29.5. The predicted molar refractivity (Wildman–Crippen MR) is 169 cm³/mol. The van der Waals surface area contributed by atoms with Gasteiger partial charge in [0.2, 0.25) is 5.91 Å². The van der Waals surface area contributed by atoms with E-state index < -0.39 is 11.5 Å². The van der Waals surface area contributed by atoms with E-state index in [1.54, 1.807) is 30.3 Å². The number of pyridine rings is 2. The van der Waals surface area contributed by atoms with E-state index in [9.17, 15) is 9.59 Å². The number of halogens is 1. The molecule has 1 amide bonds. The summed E-state index contributed by atoms with van der Waals surface area (Å²) in [4.78, 5) is 44.9. The smallest absolute Gasteiger partial charge is 0.355 e. The minimum absolute atomic E-state index is 0.0167. The van der Waals surface area contributed by atoms with Gasteiger partial charge in [0.05, 0.1) is 29.6 Å². The molecule has 1 unspecified atom stereocenters. The minimum Gasteiger partial charge on any atom is -0.497 e. The molecule has 0 radical (unpaired) electrons. The number of carbonyl (C=O) groups excluding carboxylic acids is 1. The van der Waals surface area contributed by atoms with Crippen molar-refractivity contribution in [2.24, 2.45) is 0 Å². The Morgan fingerprint density at radius 1 is 1.16 bits per heavy atom. The number of rotatable bonds is 7. The fourth-order valence-electron chi connectivity index (χ4n) is 6.19. The van der Waals surface area contributed by atoms with Gasteiger partial charge in [0.25, 0.3) is 0 Å². The number of carbonyl (C=O) groups is 1. The molecule has 1 atom stereocenters. The number of hydrogen-bond donors (Lipinski definition) is 0. The molecule has 9 nitrogen and oxygen atoms in total. The number of amides is 1. The van der Waals surface area contributed by atoms with E-state index in [1.165, 1.54) is 16.7 Å². The average Bonchev–Trinajstić information content (AvgIpc) is 3.86. The summed E-state index contributed by atoms with van der Waals surface area (Å²) in [5, 5.41) is 0.701. The molecule has 1 aliphatic heterocycles. The van der Waals surface area contributed by atoms with Crippen LogP contribution in [0.25, 0.3) is 28.0 Å². The molecular formula is C34H37FN6O3. The number of aromatic nitrogens is 4. The fraction of sp³-hybridized carbons (Fsp3) is 0.382. The number of aryl methyl sites for hydroxylation is 1. The lowest BCUT2D eigenvalue weighted by molar-refractivity contribution is -0.126. The van der Waals surface area contributed by atoms with Gasteiger partial charge in [-0.3, -0.25) is 9.78 Å². The van der Waals surface area contributed by atoms with Gasteiger partial charge >= 0.3 is 5.69 Å². The Bertz CT molecular complexity index is 1850. The van der Waals surface area contributed by atoms with Crippen molar-refractivity contribution in [1.29, 1.82) is 0 Å². The molecule has 4 heterocycles. The number of benzene rings is 1. The highest BCUT2D eigenvalue weighted by atomic mass is 19.1. The predicted octanol–water partition coefficient (Wildman–Crippen LogP) is 5.52. The summed E-state index contributed by atoms with van der Waals surface area (Å²) < 4.78 is 22.5. The Morgan fingerprint density at radius 3 is 2.59 bits per heavy atom. The summed E-state index contributed by atoms with van der Waals surface area (Å²) in [6.07, 6.45) is 4.99. The Hall–Kier alpha value is -4.60. The minimum atomic E-state index is -0.494. The zero-order valence-electron chi connectivity index (χ0n) is 25.8. The maximum atomic E-state index is 15.5. The van der Waals surface area contributed by atoms with Crippen LogP contribution in [-0.2, 0) is 4.79 Å². The van der Waals surface area contributed by atoms with Crippen molar-refractivity contribution in [3.05, 3.63) is 82.3 Å². The summed E-state index contributed by atoms with van der Waals surface area (Å²) in [7, 11) is 1.55. The third kappa shape index (κ3) is 5.12. The van der Waals surface area contributed by atoms with Crippen LogP contribution in [0.4, 0.5) is 10.2 Å². The van der Waals surface area contributed by atoms with Crippen molar-refractivity contribution < 1.29 is 13.9 Å². The monoisotopic (exact) mass is 596 g/mol. The molecule has 6 rings (SSSR count). The standard InChI is InChI=1S/C34H37FN6O3/c1-7-28(42)39-14-15-40(21(5)18-39)32-26-17-24(22-8-9-22)30(25-16-23(44-6)10-11-27(25)35)37-33(26)41(34(43)38-32)31-20(4)12-13-36-29(31)19(2)3/h7,10-13,16-17,19,21-22H,1,8-9,14-15,18H2,2-6H3. The Labute approximate surface area is 256 Å². The van der Waals surface area contributed by atoms with Gasteiger partial charge in [0.15, 0.2) is 5.65 Å². The number of piperazine rings is 1. The van der Waals surface area contributed by atoms with E-state index in [0.717, 1.165) is 29.7 Å². The van der Waals surface area contributed by atoms with Crippen LogP contribution in [0.3, 0.4) is 0 Å². The first-order valence-corrected chi connectivity index (χ1v) is 15.1. The van der Waals surface area contributed by atoms with Gasteiger partial charge in [0.1, 0.15) is 17.4 Å². The normalized spacial score (nSPS) is 16.9. The second-order valence-corrected chi connectivity index (χ2v) is 12.0. The van der Waals surface area contributed by atoms with E-state index in [1.807, 2.05) is 39.8 Å². The van der Waals surface area contributed by atoms with Crippen LogP contribution in [0.5, 0.6) is 5.75 Å². The highest BCUT2D eigenvalue weighted by molar-refractivity contribution is 5.92. The van der Waals surface area contributed by atoms with E-state index in [0.29, 0.717) is 59.2 Å². The lowest BCUT2D eigenvalue weighted by Gasteiger charge is -2.40. The van der Waals surface area contributed by atoms with Gasteiger partial charge in [-0.05, 0) is 86.1 Å². The Morgan fingerprint density at radius 2 is 1.93 bits per heavy atom. The SMILES string of the molecule is C=CC(=O)N1CCN(c2nc(=O)n(-c3c(C)ccnc3C(C)C)c3nc(-c4cc(OC)ccc4F)c(C4CC4)cc23)C(C)C1. The molecule has 0 bridgehead atoms. The van der Waals surface area contributed by atoms with Crippen LogP contribution in [-0.4, -0.2) is 63.1 Å². The van der Waals surface area contributed by atoms with Gasteiger partial charge in [-0.1, -0.05) is 20.4 Å². The quantitative estimate of drug-likeness (QED) is 0.259. The van der Waals surface area contributed by atoms with Gasteiger partial charge in [-0.25, -0.2) is 18.7 Å². The lowest BCUT2D eigenvalue weighted by atomic mass is 9.99. The number of nitrogens with zero attached hydrogens (tertiary/aromatic N) is 6. The van der Waals surface area contributed by atoms with Crippen LogP contribution in [0.15, 0.2) is 54.0 Å². The molecule has 0 N–H and O–H groups in total. The topological polar surface area (TPSA) is 93.5 Å². The molecule has 2 aliphatic rings. The summed E-state index contributed by atoms with van der Waals surface area (Å²) in [6.45, 7) is 13.1. The third-order valence-electron chi connectivity index (χ3n) is 8.63. The molecule has 2 fully saturated rings. The van der Waals surface area contributed by atoms with Gasteiger partial charge in [-0.15, -0.1) is 0 Å². The highest BCUT2D eigenvalue weighted by Gasteiger charge is 2.33. The van der Waals surface area contributed by atoms with Crippen molar-refractivity contribution in [2.45, 2.75) is 58.4 Å². The molecule has 0 spiro atoms. The largest absolute Gasteiger partial charge is 0.497 e. The number of methoxy groups -OCH3 is 1. The number of fused-ring (bicyclic) bond motifs is 1. The zero-order chi connectivity index (χ0) is 31.3. The molecule has 1 aromatic carbocycles. The Kier molecular flexibility index (Phi) is 7.69. The summed E-state index contributed by atoms with van der Waals surface area (Å²) in [5.74, 6) is 0.720. The lowest BCUT2D eigenvalue weighted by Crippen LogP contribution is -2.54. The maximum Gasteiger partial charge on any atom is 0.355 e. The Balaban J connectivity index is 1.67. The van der Waals surface area contributed by atoms with Crippen molar-refractivity contribution in [3.8, 4) is 22.7 Å². The zero-order valence-corrected chi connectivity index (χ0v) is 25.8. The molecule has 1 aliphatic carbocycles. The molecule has 4 aromatic rings. The molecule has 1 saturated carbocycles. The van der Waals surface area contributed by atoms with Crippen LogP contribution >= 0.6 is 0 Å². The van der Waals surface area contributed by atoms with Crippen molar-refractivity contribution in [2.75, 3.05) is 31.6 Å². The summed E-state index contributed by atoms with van der Waals surface area (Å²) in [5.41, 5.74) is 3.85. The first-order valence-electron chi connectivity index (χ1n) is 15.1. The molecule has 44 heavy (non-hydrogen) atoms. The fourth-order valence-corrected chi connectivity index (χ4v) is 6.19.